The summed E-state index contributed by atoms with van der Waals surface area (Å²) >= 11 is 0. The van der Waals surface area contributed by atoms with Crippen LogP contribution in [0.15, 0.2) is 42.5 Å². The predicted molar refractivity (Wildman–Crippen MR) is 97.7 cm³/mol. The number of nitrogens with zero attached hydrogens (tertiary/aromatic N) is 1. The van der Waals surface area contributed by atoms with Crippen molar-refractivity contribution in [3.63, 3.8) is 0 Å². The summed E-state index contributed by atoms with van der Waals surface area (Å²) in [5, 5.41) is 8.84. The summed E-state index contributed by atoms with van der Waals surface area (Å²) in [6.07, 6.45) is 6.75. The normalized spacial score (nSPS) is 28.2. The maximum atomic E-state index is 14.0. The van der Waals surface area contributed by atoms with E-state index < -0.39 is 17.2 Å². The number of fused-ring (bicyclic) bond motifs is 1. The summed E-state index contributed by atoms with van der Waals surface area (Å²) < 4.78 is 28.0. The number of nitriles is 1. The van der Waals surface area contributed by atoms with E-state index in [9.17, 15) is 8.78 Å². The minimum atomic E-state index is -0.725. The highest BCUT2D eigenvalue weighted by Crippen LogP contribution is 2.49. The molecule has 2 aromatic carbocycles. The Morgan fingerprint density at radius 2 is 1.31 bits per heavy atom. The maximum Gasteiger partial charge on any atom is 0.144 e. The smallest absolute Gasteiger partial charge is 0.144 e. The molecule has 0 bridgehead atoms. The highest BCUT2D eigenvalue weighted by Gasteiger charge is 2.36. The number of benzene rings is 2. The monoisotopic (exact) mass is 351 g/mol. The molecule has 2 fully saturated rings. The first-order valence-electron chi connectivity index (χ1n) is 9.59. The molecule has 0 radical (unpaired) electrons. The van der Waals surface area contributed by atoms with E-state index in [4.69, 9.17) is 5.26 Å². The molecular weight excluding hydrogens is 328 g/mol. The van der Waals surface area contributed by atoms with Crippen LogP contribution in [-0.2, 0) is 0 Å². The highest BCUT2D eigenvalue weighted by atomic mass is 19.1. The molecule has 4 atom stereocenters. The van der Waals surface area contributed by atoms with E-state index in [-0.39, 0.29) is 5.92 Å². The fraction of sp³-hybridized carbons (Fsp3) is 0.435. The lowest BCUT2D eigenvalue weighted by molar-refractivity contribution is 0.141. The van der Waals surface area contributed by atoms with Crippen molar-refractivity contribution in [1.82, 2.24) is 0 Å². The van der Waals surface area contributed by atoms with E-state index in [0.29, 0.717) is 11.8 Å². The molecule has 134 valence electrons. The Labute approximate surface area is 153 Å². The zero-order chi connectivity index (χ0) is 18.1. The SMILES string of the molecule is N#Cc1c(F)cc(C2CCC3CC(c4ccccc4)CCC3C2)cc1F. The number of hydrogen-bond donors (Lipinski definition) is 0. The van der Waals surface area contributed by atoms with Gasteiger partial charge in [0, 0.05) is 0 Å². The molecule has 0 spiro atoms. The minimum Gasteiger partial charge on any atom is -0.205 e. The van der Waals surface area contributed by atoms with Crippen LogP contribution in [0.5, 0.6) is 0 Å². The lowest BCUT2D eigenvalue weighted by Crippen LogP contribution is -2.30. The third-order valence-corrected chi connectivity index (χ3v) is 6.53. The van der Waals surface area contributed by atoms with Crippen LogP contribution < -0.4 is 0 Å². The molecule has 2 saturated carbocycles. The molecule has 0 heterocycles. The molecule has 2 aromatic rings. The zero-order valence-corrected chi connectivity index (χ0v) is 14.8. The van der Waals surface area contributed by atoms with Crippen LogP contribution in [0.1, 0.15) is 67.1 Å². The lowest BCUT2D eigenvalue weighted by atomic mass is 9.63. The van der Waals surface area contributed by atoms with Crippen LogP contribution in [0, 0.1) is 34.8 Å². The van der Waals surface area contributed by atoms with Crippen LogP contribution in [-0.4, -0.2) is 0 Å². The molecule has 4 rings (SSSR count). The molecule has 26 heavy (non-hydrogen) atoms. The van der Waals surface area contributed by atoms with Gasteiger partial charge in [-0.2, -0.15) is 5.26 Å². The Morgan fingerprint density at radius 1 is 0.769 bits per heavy atom. The van der Waals surface area contributed by atoms with Crippen molar-refractivity contribution in [3.05, 3.63) is 70.8 Å². The first-order valence-corrected chi connectivity index (χ1v) is 9.59. The van der Waals surface area contributed by atoms with E-state index >= 15 is 0 Å². The lowest BCUT2D eigenvalue weighted by Gasteiger charge is -2.42. The summed E-state index contributed by atoms with van der Waals surface area (Å²) in [5.41, 5.74) is 1.71. The van der Waals surface area contributed by atoms with Crippen molar-refractivity contribution >= 4 is 0 Å². The molecule has 4 unspecified atom stereocenters. The van der Waals surface area contributed by atoms with Crippen molar-refractivity contribution in [2.75, 3.05) is 0 Å². The van der Waals surface area contributed by atoms with Gasteiger partial charge in [0.1, 0.15) is 23.3 Å². The van der Waals surface area contributed by atoms with Gasteiger partial charge in [-0.15, -0.1) is 0 Å². The zero-order valence-electron chi connectivity index (χ0n) is 14.8. The van der Waals surface area contributed by atoms with Gasteiger partial charge in [-0.1, -0.05) is 30.3 Å². The van der Waals surface area contributed by atoms with Gasteiger partial charge < -0.3 is 0 Å². The molecular formula is C23H23F2N. The standard InChI is InChI=1S/C23H23F2N/c24-22-12-20(13-23(25)21(22)14-26)19-9-8-17-10-16(6-7-18(17)11-19)15-4-2-1-3-5-15/h1-5,12-13,16-19H,6-11H2. The van der Waals surface area contributed by atoms with Gasteiger partial charge in [-0.05, 0) is 85.5 Å². The summed E-state index contributed by atoms with van der Waals surface area (Å²) in [6.45, 7) is 0. The van der Waals surface area contributed by atoms with Crippen LogP contribution in [0.3, 0.4) is 0 Å². The third kappa shape index (κ3) is 3.26. The largest absolute Gasteiger partial charge is 0.205 e. The Bertz CT molecular complexity index is 801. The van der Waals surface area contributed by atoms with Crippen molar-refractivity contribution in [3.8, 4) is 6.07 Å². The average Bonchev–Trinajstić information content (AvgIpc) is 2.67. The van der Waals surface area contributed by atoms with Crippen LogP contribution in [0.2, 0.25) is 0 Å². The summed E-state index contributed by atoms with van der Waals surface area (Å²) in [5.74, 6) is 0.781. The van der Waals surface area contributed by atoms with Gasteiger partial charge in [-0.25, -0.2) is 8.78 Å². The Balaban J connectivity index is 1.46. The van der Waals surface area contributed by atoms with Crippen molar-refractivity contribution in [2.45, 2.75) is 50.4 Å². The van der Waals surface area contributed by atoms with Crippen molar-refractivity contribution in [1.29, 1.82) is 5.26 Å². The molecule has 0 saturated heterocycles. The van der Waals surface area contributed by atoms with E-state index in [0.717, 1.165) is 30.7 Å². The van der Waals surface area contributed by atoms with Crippen molar-refractivity contribution in [2.24, 2.45) is 11.8 Å². The summed E-state index contributed by atoms with van der Waals surface area (Å²) in [6, 6.07) is 15.1. The summed E-state index contributed by atoms with van der Waals surface area (Å²) in [7, 11) is 0. The van der Waals surface area contributed by atoms with E-state index in [1.807, 2.05) is 0 Å². The van der Waals surface area contributed by atoms with Crippen LogP contribution >= 0.6 is 0 Å². The second-order valence-electron chi connectivity index (χ2n) is 7.92. The van der Waals surface area contributed by atoms with Gasteiger partial charge in [0.05, 0.1) is 0 Å². The molecule has 0 aliphatic heterocycles. The van der Waals surface area contributed by atoms with Gasteiger partial charge in [0.25, 0.3) is 0 Å². The average molecular weight is 351 g/mol. The first-order chi connectivity index (χ1) is 12.7. The molecule has 0 amide bonds. The fourth-order valence-electron chi connectivity index (χ4n) is 5.16. The Morgan fingerprint density at radius 3 is 1.85 bits per heavy atom. The van der Waals surface area contributed by atoms with Crippen LogP contribution in [0.25, 0.3) is 0 Å². The second-order valence-corrected chi connectivity index (χ2v) is 7.92. The van der Waals surface area contributed by atoms with Crippen LogP contribution in [0.4, 0.5) is 8.78 Å². The Kier molecular flexibility index (Phi) is 4.76. The molecule has 3 heteroatoms. The second kappa shape index (κ2) is 7.19. The first kappa shape index (κ1) is 17.2. The van der Waals surface area contributed by atoms with E-state index in [1.165, 1.54) is 37.0 Å². The van der Waals surface area contributed by atoms with Crippen molar-refractivity contribution < 1.29 is 8.78 Å². The van der Waals surface area contributed by atoms with Gasteiger partial charge >= 0.3 is 0 Å². The van der Waals surface area contributed by atoms with E-state index in [1.54, 1.807) is 6.07 Å². The number of rotatable bonds is 2. The van der Waals surface area contributed by atoms with Gasteiger partial charge in [0.15, 0.2) is 0 Å². The van der Waals surface area contributed by atoms with E-state index in [2.05, 4.69) is 30.3 Å². The molecule has 0 N–H and O–H groups in total. The third-order valence-electron chi connectivity index (χ3n) is 6.53. The molecule has 2 aliphatic carbocycles. The Hall–Kier alpha value is -2.21. The fourth-order valence-corrected chi connectivity index (χ4v) is 5.16. The maximum absolute atomic E-state index is 14.0. The summed E-state index contributed by atoms with van der Waals surface area (Å²) in [4.78, 5) is 0. The topological polar surface area (TPSA) is 23.8 Å². The highest BCUT2D eigenvalue weighted by molar-refractivity contribution is 5.36. The molecule has 1 nitrogen and oxygen atoms in total. The van der Waals surface area contributed by atoms with Gasteiger partial charge in [0.2, 0.25) is 0 Å². The minimum absolute atomic E-state index is 0.210. The molecule has 2 aliphatic rings. The quantitative estimate of drug-likeness (QED) is 0.622. The number of halogens is 2. The predicted octanol–water partition coefficient (Wildman–Crippen LogP) is 6.30. The number of hydrogen-bond acceptors (Lipinski definition) is 1. The molecule has 0 aromatic heterocycles. The van der Waals surface area contributed by atoms with Gasteiger partial charge in [-0.3, -0.25) is 0 Å².